The van der Waals surface area contributed by atoms with E-state index in [0.717, 1.165) is 11.3 Å². The number of pyridine rings is 2. The van der Waals surface area contributed by atoms with Gasteiger partial charge in [0.15, 0.2) is 0 Å². The van der Waals surface area contributed by atoms with Crippen molar-refractivity contribution in [1.29, 1.82) is 0 Å². The Morgan fingerprint density at radius 1 is 1.14 bits per heavy atom. The molecule has 0 aromatic carbocycles. The van der Waals surface area contributed by atoms with Gasteiger partial charge in [-0.05, 0) is 45.2 Å². The summed E-state index contributed by atoms with van der Waals surface area (Å²) in [6.45, 7) is 13.5. The second-order valence-corrected chi connectivity index (χ2v) is 10.4. The van der Waals surface area contributed by atoms with Gasteiger partial charge in [-0.25, -0.2) is 14.6 Å². The molecule has 0 bridgehead atoms. The van der Waals surface area contributed by atoms with Crippen molar-refractivity contribution < 1.29 is 9.53 Å². The predicted octanol–water partition coefficient (Wildman–Crippen LogP) is 4.32. The summed E-state index contributed by atoms with van der Waals surface area (Å²) in [6.07, 6.45) is 3.06. The summed E-state index contributed by atoms with van der Waals surface area (Å²) in [5.74, 6) is 0.631. The van der Waals surface area contributed by atoms with Crippen LogP contribution in [0, 0.1) is 6.92 Å². The molecule has 3 aromatic rings. The molecule has 0 saturated carbocycles. The topological polar surface area (TPSA) is 93.5 Å². The van der Waals surface area contributed by atoms with Crippen LogP contribution in [0.2, 0.25) is 5.15 Å². The molecule has 0 aliphatic carbocycles. The first-order chi connectivity index (χ1) is 16.5. The number of rotatable bonds is 3. The van der Waals surface area contributed by atoms with Gasteiger partial charge in [0, 0.05) is 44.6 Å². The summed E-state index contributed by atoms with van der Waals surface area (Å²) in [6, 6.07) is 3.57. The Hall–Kier alpha value is -3.20. The Morgan fingerprint density at radius 3 is 2.46 bits per heavy atom. The molecular formula is C25H31ClN6O3. The fraction of sp³-hybridized carbons (Fsp3) is 0.480. The molecule has 0 atom stereocenters. The highest BCUT2D eigenvalue weighted by molar-refractivity contribution is 6.30. The molecule has 4 rings (SSSR count). The Balaban J connectivity index is 1.77. The highest BCUT2D eigenvalue weighted by Gasteiger charge is 2.28. The lowest BCUT2D eigenvalue weighted by atomic mass is 10.0. The van der Waals surface area contributed by atoms with E-state index in [2.05, 4.69) is 15.0 Å². The van der Waals surface area contributed by atoms with Crippen molar-refractivity contribution >= 4 is 34.4 Å². The van der Waals surface area contributed by atoms with Crippen LogP contribution in [0.4, 0.5) is 10.6 Å². The smallest absolute Gasteiger partial charge is 0.410 e. The summed E-state index contributed by atoms with van der Waals surface area (Å²) in [5.41, 5.74) is 2.09. The largest absolute Gasteiger partial charge is 0.444 e. The maximum Gasteiger partial charge on any atom is 0.410 e. The third-order valence-corrected chi connectivity index (χ3v) is 6.09. The van der Waals surface area contributed by atoms with Crippen LogP contribution in [0.5, 0.6) is 0 Å². The molecule has 1 aliphatic heterocycles. The Morgan fingerprint density at radius 2 is 1.83 bits per heavy atom. The zero-order chi connectivity index (χ0) is 25.5. The van der Waals surface area contributed by atoms with Gasteiger partial charge in [-0.15, -0.1) is 0 Å². The van der Waals surface area contributed by atoms with Gasteiger partial charge in [-0.2, -0.15) is 4.98 Å². The summed E-state index contributed by atoms with van der Waals surface area (Å²) < 4.78 is 7.08. The Kier molecular flexibility index (Phi) is 6.73. The van der Waals surface area contributed by atoms with Crippen molar-refractivity contribution in [2.24, 2.45) is 0 Å². The number of carbonyl (C=O) groups is 1. The van der Waals surface area contributed by atoms with Gasteiger partial charge in [0.2, 0.25) is 0 Å². The third-order valence-electron chi connectivity index (χ3n) is 5.88. The van der Waals surface area contributed by atoms with Crippen LogP contribution in [-0.2, 0) is 4.74 Å². The molecule has 0 spiro atoms. The number of hydrogen-bond donors (Lipinski definition) is 0. The lowest BCUT2D eigenvalue weighted by Gasteiger charge is -2.36. The minimum atomic E-state index is -0.555. The summed E-state index contributed by atoms with van der Waals surface area (Å²) in [5, 5.41) is 0.989. The number of aryl methyl sites for hydroxylation is 1. The first-order valence-corrected chi connectivity index (χ1v) is 12.1. The quantitative estimate of drug-likeness (QED) is 0.496. The van der Waals surface area contributed by atoms with Gasteiger partial charge in [-0.3, -0.25) is 9.55 Å². The fourth-order valence-corrected chi connectivity index (χ4v) is 4.40. The average Bonchev–Trinajstić information content (AvgIpc) is 2.78. The molecule has 35 heavy (non-hydrogen) atoms. The van der Waals surface area contributed by atoms with Crippen LogP contribution in [0.1, 0.15) is 51.8 Å². The summed E-state index contributed by atoms with van der Waals surface area (Å²) in [4.78, 5) is 43.0. The molecular weight excluding hydrogens is 468 g/mol. The molecule has 0 unspecified atom stereocenters. The van der Waals surface area contributed by atoms with Crippen molar-refractivity contribution in [2.75, 3.05) is 31.1 Å². The van der Waals surface area contributed by atoms with Crippen molar-refractivity contribution in [3.8, 4) is 5.69 Å². The number of anilines is 1. The van der Waals surface area contributed by atoms with Crippen molar-refractivity contribution in [3.05, 3.63) is 51.4 Å². The zero-order valence-electron chi connectivity index (χ0n) is 21.0. The zero-order valence-corrected chi connectivity index (χ0v) is 21.8. The molecule has 9 nitrogen and oxygen atoms in total. The van der Waals surface area contributed by atoms with Crippen molar-refractivity contribution in [2.45, 2.75) is 53.1 Å². The van der Waals surface area contributed by atoms with Gasteiger partial charge in [-0.1, -0.05) is 25.4 Å². The van der Waals surface area contributed by atoms with E-state index in [1.54, 1.807) is 27.9 Å². The normalized spacial score (nSPS) is 14.6. The monoisotopic (exact) mass is 498 g/mol. The number of aromatic nitrogens is 4. The second kappa shape index (κ2) is 9.45. The lowest BCUT2D eigenvalue weighted by molar-refractivity contribution is 0.0240. The highest BCUT2D eigenvalue weighted by Crippen LogP contribution is 2.30. The number of piperazine rings is 1. The SMILES string of the molecule is Cc1ccnc(C(C)C)c1-n1c(=O)nc(N2CCN(C(=O)OC(C)(C)C)CC2)c2cnc(Cl)cc21. The van der Waals surface area contributed by atoms with E-state index in [9.17, 15) is 9.59 Å². The number of halogens is 1. The van der Waals surface area contributed by atoms with E-state index in [0.29, 0.717) is 48.6 Å². The number of nitrogens with zero attached hydrogens (tertiary/aromatic N) is 6. The molecule has 1 fully saturated rings. The maximum absolute atomic E-state index is 13.5. The van der Waals surface area contributed by atoms with Gasteiger partial charge in [0.1, 0.15) is 16.6 Å². The van der Waals surface area contributed by atoms with Crippen LogP contribution in [-0.4, -0.2) is 62.3 Å². The number of fused-ring (bicyclic) bond motifs is 1. The molecule has 1 aliphatic rings. The second-order valence-electron chi connectivity index (χ2n) is 10.0. The van der Waals surface area contributed by atoms with E-state index in [1.807, 2.05) is 52.5 Å². The molecule has 1 saturated heterocycles. The van der Waals surface area contributed by atoms with E-state index in [4.69, 9.17) is 16.3 Å². The number of amides is 1. The summed E-state index contributed by atoms with van der Waals surface area (Å²) >= 11 is 6.28. The molecule has 0 N–H and O–H groups in total. The first-order valence-electron chi connectivity index (χ1n) is 11.7. The molecule has 3 aromatic heterocycles. The van der Waals surface area contributed by atoms with E-state index >= 15 is 0 Å². The molecule has 186 valence electrons. The highest BCUT2D eigenvalue weighted by atomic mass is 35.5. The maximum atomic E-state index is 13.5. The van der Waals surface area contributed by atoms with Gasteiger partial charge < -0.3 is 14.5 Å². The van der Waals surface area contributed by atoms with E-state index in [1.165, 1.54) is 0 Å². The van der Waals surface area contributed by atoms with Crippen molar-refractivity contribution in [3.63, 3.8) is 0 Å². The van der Waals surface area contributed by atoms with Gasteiger partial charge in [0.05, 0.1) is 22.3 Å². The van der Waals surface area contributed by atoms with Crippen LogP contribution < -0.4 is 10.6 Å². The minimum Gasteiger partial charge on any atom is -0.444 e. The van der Waals surface area contributed by atoms with Crippen LogP contribution in [0.25, 0.3) is 16.6 Å². The first kappa shape index (κ1) is 24.9. The average molecular weight is 499 g/mol. The van der Waals surface area contributed by atoms with E-state index in [-0.39, 0.29) is 17.2 Å². The number of hydrogen-bond acceptors (Lipinski definition) is 7. The van der Waals surface area contributed by atoms with Crippen molar-refractivity contribution in [1.82, 2.24) is 24.4 Å². The third kappa shape index (κ3) is 5.10. The fourth-order valence-electron chi connectivity index (χ4n) is 4.25. The molecule has 4 heterocycles. The van der Waals surface area contributed by atoms with Crippen LogP contribution in [0.15, 0.2) is 29.3 Å². The van der Waals surface area contributed by atoms with Gasteiger partial charge >= 0.3 is 11.8 Å². The van der Waals surface area contributed by atoms with Crippen LogP contribution >= 0.6 is 11.6 Å². The minimum absolute atomic E-state index is 0.102. The Bertz CT molecular complexity index is 1320. The lowest BCUT2D eigenvalue weighted by Crippen LogP contribution is -2.50. The molecule has 10 heteroatoms. The number of ether oxygens (including phenoxy) is 1. The standard InChI is InChI=1S/C25H31ClN6O3/c1-15(2)20-21(16(3)7-8-27-20)32-18-13-19(26)28-14-17(18)22(29-23(32)33)30-9-11-31(12-10-30)24(34)35-25(4,5)6/h7-8,13-15H,9-12H2,1-6H3. The van der Waals surface area contributed by atoms with E-state index < -0.39 is 11.3 Å². The predicted molar refractivity (Wildman–Crippen MR) is 137 cm³/mol. The van der Waals surface area contributed by atoms with Crippen LogP contribution in [0.3, 0.4) is 0 Å². The van der Waals surface area contributed by atoms with Gasteiger partial charge in [0.25, 0.3) is 0 Å². The molecule has 1 amide bonds. The summed E-state index contributed by atoms with van der Waals surface area (Å²) in [7, 11) is 0. The Labute approximate surface area is 209 Å². The number of carbonyl (C=O) groups excluding carboxylic acids is 1. The molecule has 0 radical (unpaired) electrons.